The smallest absolute Gasteiger partial charge is 0.343 e. The Morgan fingerprint density at radius 1 is 1.27 bits per heavy atom. The van der Waals surface area contributed by atoms with E-state index in [0.717, 1.165) is 5.56 Å². The second kappa shape index (κ2) is 6.17. The van der Waals surface area contributed by atoms with Gasteiger partial charge in [0.15, 0.2) is 0 Å². The van der Waals surface area contributed by atoms with Crippen molar-refractivity contribution < 1.29 is 14.3 Å². The number of esters is 1. The molecule has 0 amide bonds. The summed E-state index contributed by atoms with van der Waals surface area (Å²) in [4.78, 5) is 23.0. The predicted octanol–water partition coefficient (Wildman–Crippen LogP) is 1.42. The summed E-state index contributed by atoms with van der Waals surface area (Å²) < 4.78 is 11.6. The molecule has 2 heterocycles. The van der Waals surface area contributed by atoms with Crippen molar-refractivity contribution in [1.29, 1.82) is 0 Å². The molecule has 0 atom stereocenters. The number of rotatable bonds is 5. The fourth-order valence-electron chi connectivity index (χ4n) is 1.86. The summed E-state index contributed by atoms with van der Waals surface area (Å²) in [6, 6.07) is 7.55. The lowest BCUT2D eigenvalue weighted by Gasteiger charge is -2.03. The van der Waals surface area contributed by atoms with Crippen molar-refractivity contribution in [3.8, 4) is 11.8 Å². The number of methoxy groups -OCH3 is 1. The molecule has 8 heteroatoms. The third-order valence-corrected chi connectivity index (χ3v) is 2.99. The number of nitrogens with zero attached hydrogens (tertiary/aromatic N) is 5. The van der Waals surface area contributed by atoms with E-state index in [0.29, 0.717) is 24.4 Å². The zero-order valence-electron chi connectivity index (χ0n) is 11.8. The maximum Gasteiger partial charge on any atom is 0.343 e. The molecule has 1 aromatic carbocycles. The highest BCUT2D eigenvalue weighted by Gasteiger charge is 2.07. The number of fused-ring (bicyclic) bond motifs is 1. The van der Waals surface area contributed by atoms with Gasteiger partial charge in [-0.1, -0.05) is 12.1 Å². The van der Waals surface area contributed by atoms with Gasteiger partial charge in [0, 0.05) is 6.42 Å². The number of carbonyl (C=O) groups is 1. The zero-order valence-corrected chi connectivity index (χ0v) is 11.8. The summed E-state index contributed by atoms with van der Waals surface area (Å²) in [5.41, 5.74) is 1.02. The Bertz CT molecular complexity index is 752. The maximum atomic E-state index is 11.1. The molecule has 112 valence electrons. The summed E-state index contributed by atoms with van der Waals surface area (Å²) in [6.45, 7) is 0. The molecule has 0 spiro atoms. The molecule has 0 N–H and O–H groups in total. The number of ether oxygens (including phenoxy) is 2. The summed E-state index contributed by atoms with van der Waals surface area (Å²) in [5, 5.41) is 4.10. The number of aromatic nitrogens is 5. The van der Waals surface area contributed by atoms with E-state index in [1.807, 2.05) is 12.1 Å². The Labute approximate surface area is 125 Å². The Hall–Kier alpha value is -3.03. The van der Waals surface area contributed by atoms with Crippen molar-refractivity contribution in [3.63, 3.8) is 0 Å². The van der Waals surface area contributed by atoms with Crippen LogP contribution in [-0.4, -0.2) is 37.6 Å². The highest BCUT2D eigenvalue weighted by molar-refractivity contribution is 5.69. The summed E-state index contributed by atoms with van der Waals surface area (Å²) in [5.74, 6) is 0.792. The molecule has 0 radical (unpaired) electrons. The zero-order chi connectivity index (χ0) is 15.4. The third-order valence-electron chi connectivity index (χ3n) is 2.99. The van der Waals surface area contributed by atoms with Crippen LogP contribution in [0.2, 0.25) is 0 Å². The molecule has 3 rings (SSSR count). The standard InChI is InChI=1S/C14H13N5O3/c1-21-12(20)7-4-10-2-5-11(6-3-10)22-14-17-13-16-8-15-9-19(13)18-14/h2-3,5-6,8-9H,4,7H2,1H3. The molecule has 0 aliphatic heterocycles. The minimum atomic E-state index is -0.227. The fraction of sp³-hybridized carbons (Fsp3) is 0.214. The van der Waals surface area contributed by atoms with Gasteiger partial charge in [0.2, 0.25) is 0 Å². The molecule has 0 unspecified atom stereocenters. The Morgan fingerprint density at radius 2 is 2.09 bits per heavy atom. The monoisotopic (exact) mass is 299 g/mol. The molecule has 0 fully saturated rings. The van der Waals surface area contributed by atoms with Crippen LogP contribution in [0.3, 0.4) is 0 Å². The molecule has 0 aliphatic carbocycles. The first-order valence-corrected chi connectivity index (χ1v) is 6.60. The Kier molecular flexibility index (Phi) is 3.90. The van der Waals surface area contributed by atoms with E-state index in [1.165, 1.54) is 24.3 Å². The third kappa shape index (κ3) is 3.17. The lowest BCUT2D eigenvalue weighted by Crippen LogP contribution is -2.01. The van der Waals surface area contributed by atoms with Crippen molar-refractivity contribution in [2.75, 3.05) is 7.11 Å². The van der Waals surface area contributed by atoms with Crippen LogP contribution in [-0.2, 0) is 16.0 Å². The van der Waals surface area contributed by atoms with Gasteiger partial charge in [-0.15, -0.1) is 5.10 Å². The van der Waals surface area contributed by atoms with Gasteiger partial charge in [0.05, 0.1) is 7.11 Å². The molecule has 3 aromatic rings. The molecule has 2 aromatic heterocycles. The van der Waals surface area contributed by atoms with Crippen LogP contribution in [0.1, 0.15) is 12.0 Å². The lowest BCUT2D eigenvalue weighted by molar-refractivity contribution is -0.140. The van der Waals surface area contributed by atoms with Gasteiger partial charge in [-0.2, -0.15) is 14.5 Å². The van der Waals surface area contributed by atoms with E-state index in [1.54, 1.807) is 12.1 Å². The molecular formula is C14H13N5O3. The minimum Gasteiger partial charge on any atom is -0.469 e. The number of aryl methyl sites for hydroxylation is 1. The van der Waals surface area contributed by atoms with Gasteiger partial charge >= 0.3 is 12.0 Å². The highest BCUT2D eigenvalue weighted by atomic mass is 16.5. The van der Waals surface area contributed by atoms with E-state index in [4.69, 9.17) is 4.74 Å². The van der Waals surface area contributed by atoms with Crippen LogP contribution in [0.4, 0.5) is 0 Å². The van der Waals surface area contributed by atoms with Crippen LogP contribution in [0.5, 0.6) is 11.8 Å². The first-order valence-electron chi connectivity index (χ1n) is 6.60. The van der Waals surface area contributed by atoms with Gasteiger partial charge < -0.3 is 9.47 Å². The first-order chi connectivity index (χ1) is 10.7. The molecule has 8 nitrogen and oxygen atoms in total. The lowest BCUT2D eigenvalue weighted by atomic mass is 10.1. The van der Waals surface area contributed by atoms with Crippen molar-refractivity contribution >= 4 is 11.7 Å². The van der Waals surface area contributed by atoms with Crippen molar-refractivity contribution in [2.24, 2.45) is 0 Å². The van der Waals surface area contributed by atoms with E-state index in [2.05, 4.69) is 24.8 Å². The van der Waals surface area contributed by atoms with Crippen LogP contribution >= 0.6 is 0 Å². The van der Waals surface area contributed by atoms with Crippen LogP contribution in [0.25, 0.3) is 5.78 Å². The van der Waals surface area contributed by atoms with Crippen LogP contribution in [0.15, 0.2) is 36.9 Å². The van der Waals surface area contributed by atoms with Gasteiger partial charge in [0.25, 0.3) is 5.78 Å². The van der Waals surface area contributed by atoms with E-state index in [-0.39, 0.29) is 12.0 Å². The number of hydrogen-bond donors (Lipinski definition) is 0. The maximum absolute atomic E-state index is 11.1. The fourth-order valence-corrected chi connectivity index (χ4v) is 1.86. The quantitative estimate of drug-likeness (QED) is 0.658. The van der Waals surface area contributed by atoms with E-state index < -0.39 is 0 Å². The highest BCUT2D eigenvalue weighted by Crippen LogP contribution is 2.19. The molecular weight excluding hydrogens is 286 g/mol. The predicted molar refractivity (Wildman–Crippen MR) is 75.4 cm³/mol. The van der Waals surface area contributed by atoms with Crippen LogP contribution < -0.4 is 4.74 Å². The van der Waals surface area contributed by atoms with Crippen molar-refractivity contribution in [3.05, 3.63) is 42.5 Å². The average Bonchev–Trinajstić information content (AvgIpc) is 2.96. The van der Waals surface area contributed by atoms with Crippen LogP contribution in [0, 0.1) is 0 Å². The summed E-state index contributed by atoms with van der Waals surface area (Å²) >= 11 is 0. The number of benzene rings is 1. The van der Waals surface area contributed by atoms with Crippen molar-refractivity contribution in [1.82, 2.24) is 24.6 Å². The normalized spacial score (nSPS) is 10.6. The minimum absolute atomic E-state index is 0.197. The van der Waals surface area contributed by atoms with Gasteiger partial charge in [-0.25, -0.2) is 4.98 Å². The van der Waals surface area contributed by atoms with Crippen molar-refractivity contribution in [2.45, 2.75) is 12.8 Å². The number of hydrogen-bond acceptors (Lipinski definition) is 7. The van der Waals surface area contributed by atoms with Gasteiger partial charge in [-0.3, -0.25) is 4.79 Å². The first kappa shape index (κ1) is 13.9. The Balaban J connectivity index is 1.66. The topological polar surface area (TPSA) is 91.5 Å². The molecule has 0 bridgehead atoms. The number of carbonyl (C=O) groups excluding carboxylic acids is 1. The van der Waals surface area contributed by atoms with E-state index >= 15 is 0 Å². The van der Waals surface area contributed by atoms with Gasteiger partial charge in [0.1, 0.15) is 18.4 Å². The largest absolute Gasteiger partial charge is 0.469 e. The second-order valence-electron chi connectivity index (χ2n) is 4.47. The van der Waals surface area contributed by atoms with Gasteiger partial charge in [-0.05, 0) is 24.1 Å². The summed E-state index contributed by atoms with van der Waals surface area (Å²) in [7, 11) is 1.38. The average molecular weight is 299 g/mol. The summed E-state index contributed by atoms with van der Waals surface area (Å²) in [6.07, 6.45) is 3.86. The molecule has 0 aliphatic rings. The van der Waals surface area contributed by atoms with E-state index in [9.17, 15) is 4.79 Å². The molecule has 0 saturated heterocycles. The molecule has 0 saturated carbocycles. The second-order valence-corrected chi connectivity index (χ2v) is 4.47. The molecule has 22 heavy (non-hydrogen) atoms. The SMILES string of the molecule is COC(=O)CCc1ccc(Oc2nc3ncncn3n2)cc1. The Morgan fingerprint density at radius 3 is 2.82 bits per heavy atom.